The second-order valence-corrected chi connectivity index (χ2v) is 4.82. The predicted molar refractivity (Wildman–Crippen MR) is 78.8 cm³/mol. The Morgan fingerprint density at radius 3 is 2.72 bits per heavy atom. The smallest absolute Gasteiger partial charge is 0.107 e. The molecule has 1 aliphatic heterocycles. The van der Waals surface area contributed by atoms with Gasteiger partial charge in [-0.1, -0.05) is 44.0 Å². The van der Waals surface area contributed by atoms with Crippen molar-refractivity contribution in [3.8, 4) is 0 Å². The Kier molecular flexibility index (Phi) is 3.01. The molecule has 1 N–H and O–H groups in total. The summed E-state index contributed by atoms with van der Waals surface area (Å²) in [6.45, 7) is 2.23. The van der Waals surface area contributed by atoms with E-state index in [1.165, 1.54) is 35.7 Å². The second-order valence-electron chi connectivity index (χ2n) is 4.82. The fourth-order valence-electron chi connectivity index (χ4n) is 2.51. The summed E-state index contributed by atoms with van der Waals surface area (Å²) >= 11 is 0. The number of aliphatic imine (C=N–C) groups is 1. The van der Waals surface area contributed by atoms with Crippen LogP contribution in [0.1, 0.15) is 32.6 Å². The fourth-order valence-corrected chi connectivity index (χ4v) is 2.51. The Morgan fingerprint density at radius 1 is 1.06 bits per heavy atom. The lowest BCUT2D eigenvalue weighted by molar-refractivity contribution is 0.741. The van der Waals surface area contributed by atoms with Crippen molar-refractivity contribution in [1.82, 2.24) is 0 Å². The number of amidine groups is 1. The van der Waals surface area contributed by atoms with Gasteiger partial charge in [-0.05, 0) is 23.9 Å². The molecule has 0 atom stereocenters. The number of hydrogen-bond donors (Lipinski definition) is 1. The summed E-state index contributed by atoms with van der Waals surface area (Å²) in [5.74, 6) is 1.11. The Labute approximate surface area is 108 Å². The molecule has 0 bridgehead atoms. The summed E-state index contributed by atoms with van der Waals surface area (Å²) in [6, 6.07) is 12.7. The highest BCUT2D eigenvalue weighted by Gasteiger charge is 2.13. The van der Waals surface area contributed by atoms with Crippen LogP contribution in [0.3, 0.4) is 0 Å². The van der Waals surface area contributed by atoms with Gasteiger partial charge in [0.15, 0.2) is 0 Å². The van der Waals surface area contributed by atoms with E-state index in [9.17, 15) is 0 Å². The number of anilines is 1. The van der Waals surface area contributed by atoms with Gasteiger partial charge in [-0.2, -0.15) is 0 Å². The summed E-state index contributed by atoms with van der Waals surface area (Å²) in [5, 5.41) is 5.98. The fraction of sp³-hybridized carbons (Fsp3) is 0.312. The van der Waals surface area contributed by atoms with E-state index in [2.05, 4.69) is 48.6 Å². The van der Waals surface area contributed by atoms with E-state index in [0.717, 1.165) is 17.9 Å². The Balaban J connectivity index is 1.96. The number of rotatable bonds is 4. The van der Waals surface area contributed by atoms with Crippen LogP contribution in [0.15, 0.2) is 41.4 Å². The van der Waals surface area contributed by atoms with Gasteiger partial charge in [-0.15, -0.1) is 0 Å². The molecule has 2 aromatic rings. The molecule has 0 fully saturated rings. The molecule has 92 valence electrons. The molecular formula is C16H18N2. The van der Waals surface area contributed by atoms with Crippen LogP contribution < -0.4 is 5.32 Å². The maximum atomic E-state index is 4.74. The molecule has 1 heterocycles. The highest BCUT2D eigenvalue weighted by atomic mass is 15.0. The van der Waals surface area contributed by atoms with E-state index < -0.39 is 0 Å². The lowest BCUT2D eigenvalue weighted by Crippen LogP contribution is -2.14. The summed E-state index contributed by atoms with van der Waals surface area (Å²) in [5.41, 5.74) is 2.30. The van der Waals surface area contributed by atoms with E-state index in [-0.39, 0.29) is 0 Å². The number of hydrogen-bond acceptors (Lipinski definition) is 2. The van der Waals surface area contributed by atoms with Gasteiger partial charge in [0.05, 0.1) is 5.69 Å². The van der Waals surface area contributed by atoms with Crippen molar-refractivity contribution in [3.63, 3.8) is 0 Å². The molecule has 0 aliphatic carbocycles. The van der Waals surface area contributed by atoms with Gasteiger partial charge in [0.25, 0.3) is 0 Å². The average Bonchev–Trinajstić information content (AvgIpc) is 2.40. The minimum absolute atomic E-state index is 1.04. The van der Waals surface area contributed by atoms with Gasteiger partial charge >= 0.3 is 0 Å². The minimum Gasteiger partial charge on any atom is -0.343 e. The van der Waals surface area contributed by atoms with Crippen LogP contribution in [0, 0.1) is 0 Å². The summed E-state index contributed by atoms with van der Waals surface area (Å²) < 4.78 is 0. The monoisotopic (exact) mass is 238 g/mol. The number of benzene rings is 2. The van der Waals surface area contributed by atoms with E-state index in [1.807, 2.05) is 0 Å². The molecular weight excluding hydrogens is 220 g/mol. The largest absolute Gasteiger partial charge is 0.343 e. The van der Waals surface area contributed by atoms with Gasteiger partial charge in [0.2, 0.25) is 0 Å². The second kappa shape index (κ2) is 4.81. The van der Waals surface area contributed by atoms with Crippen molar-refractivity contribution in [2.75, 3.05) is 5.32 Å². The van der Waals surface area contributed by atoms with E-state index in [0.29, 0.717) is 0 Å². The number of nitrogens with one attached hydrogen (secondary N) is 1. The molecule has 2 nitrogen and oxygen atoms in total. The minimum atomic E-state index is 1.04. The van der Waals surface area contributed by atoms with Crippen LogP contribution in [0.5, 0.6) is 0 Å². The lowest BCUT2D eigenvalue weighted by Gasteiger charge is -2.18. The molecule has 0 saturated carbocycles. The molecule has 0 unspecified atom stereocenters. The van der Waals surface area contributed by atoms with Crippen LogP contribution in [0.2, 0.25) is 0 Å². The van der Waals surface area contributed by atoms with E-state index in [4.69, 9.17) is 4.99 Å². The number of unbranched alkanes of at least 4 members (excludes halogenated alkanes) is 2. The summed E-state index contributed by atoms with van der Waals surface area (Å²) in [4.78, 5) is 4.74. The normalized spacial score (nSPS) is 13.3. The third-order valence-electron chi connectivity index (χ3n) is 3.43. The van der Waals surface area contributed by atoms with Crippen LogP contribution >= 0.6 is 0 Å². The molecule has 0 aromatic heterocycles. The zero-order valence-corrected chi connectivity index (χ0v) is 10.7. The molecule has 0 amide bonds. The SMILES string of the molecule is CCCCCC1=Nc2cccc3cccc(c23)N1. The van der Waals surface area contributed by atoms with Crippen molar-refractivity contribution < 1.29 is 0 Å². The first-order chi connectivity index (χ1) is 8.88. The predicted octanol–water partition coefficient (Wildman–Crippen LogP) is 4.88. The van der Waals surface area contributed by atoms with Crippen molar-refractivity contribution in [1.29, 1.82) is 0 Å². The zero-order valence-electron chi connectivity index (χ0n) is 10.7. The van der Waals surface area contributed by atoms with Crippen molar-refractivity contribution >= 4 is 28.0 Å². The molecule has 0 spiro atoms. The van der Waals surface area contributed by atoms with Gasteiger partial charge < -0.3 is 5.32 Å². The molecule has 3 rings (SSSR count). The third kappa shape index (κ3) is 1.99. The van der Waals surface area contributed by atoms with Crippen LogP contribution in [-0.2, 0) is 0 Å². The first kappa shape index (κ1) is 11.3. The Hall–Kier alpha value is -1.83. The van der Waals surface area contributed by atoms with Gasteiger partial charge in [-0.3, -0.25) is 0 Å². The molecule has 18 heavy (non-hydrogen) atoms. The Morgan fingerprint density at radius 2 is 1.89 bits per heavy atom. The van der Waals surface area contributed by atoms with Gasteiger partial charge in [-0.25, -0.2) is 4.99 Å². The maximum Gasteiger partial charge on any atom is 0.107 e. The molecule has 0 saturated heterocycles. The van der Waals surface area contributed by atoms with E-state index >= 15 is 0 Å². The van der Waals surface area contributed by atoms with Crippen LogP contribution in [-0.4, -0.2) is 5.84 Å². The van der Waals surface area contributed by atoms with Crippen LogP contribution in [0.25, 0.3) is 10.8 Å². The summed E-state index contributed by atoms with van der Waals surface area (Å²) in [7, 11) is 0. The van der Waals surface area contributed by atoms with Crippen molar-refractivity contribution in [3.05, 3.63) is 36.4 Å². The Bertz CT molecular complexity index is 594. The maximum absolute atomic E-state index is 4.74. The highest BCUT2D eigenvalue weighted by molar-refractivity contribution is 6.13. The van der Waals surface area contributed by atoms with E-state index in [1.54, 1.807) is 0 Å². The van der Waals surface area contributed by atoms with Gasteiger partial charge in [0.1, 0.15) is 5.84 Å². The van der Waals surface area contributed by atoms with Crippen molar-refractivity contribution in [2.45, 2.75) is 32.6 Å². The zero-order chi connectivity index (χ0) is 12.4. The molecule has 2 aromatic carbocycles. The molecule has 1 aliphatic rings. The topological polar surface area (TPSA) is 24.4 Å². The van der Waals surface area contributed by atoms with Crippen molar-refractivity contribution in [2.24, 2.45) is 4.99 Å². The highest BCUT2D eigenvalue weighted by Crippen LogP contribution is 2.35. The van der Waals surface area contributed by atoms with Gasteiger partial charge in [0, 0.05) is 17.5 Å². The summed E-state index contributed by atoms with van der Waals surface area (Å²) in [6.07, 6.45) is 4.77. The van der Waals surface area contributed by atoms with Crippen LogP contribution in [0.4, 0.5) is 11.4 Å². The number of nitrogens with zero attached hydrogens (tertiary/aromatic N) is 1. The molecule has 0 radical (unpaired) electrons. The first-order valence-corrected chi connectivity index (χ1v) is 6.75. The molecule has 2 heteroatoms. The third-order valence-corrected chi connectivity index (χ3v) is 3.43. The lowest BCUT2D eigenvalue weighted by atomic mass is 10.0. The first-order valence-electron chi connectivity index (χ1n) is 6.75. The quantitative estimate of drug-likeness (QED) is 0.754. The standard InChI is InChI=1S/C16H18N2/c1-2-3-4-11-15-17-13-9-5-7-12-8-6-10-14(18-15)16(12)13/h5-10H,2-4,11H2,1H3,(H,17,18). The average molecular weight is 238 g/mol.